The summed E-state index contributed by atoms with van der Waals surface area (Å²) in [6.07, 6.45) is 1.74. The molecule has 0 saturated carbocycles. The molecule has 7 heteroatoms. The molecule has 1 heterocycles. The third kappa shape index (κ3) is 5.90. The van der Waals surface area contributed by atoms with Gasteiger partial charge in [-0.1, -0.05) is 0 Å². The third-order valence-corrected chi connectivity index (χ3v) is 3.25. The Hall–Kier alpha value is -1.79. The van der Waals surface area contributed by atoms with Crippen LogP contribution in [0.15, 0.2) is 0 Å². The molecule has 0 aromatic carbocycles. The molecule has 20 heavy (non-hydrogen) atoms. The van der Waals surface area contributed by atoms with E-state index in [9.17, 15) is 14.4 Å². The number of likely N-dealkylation sites (tertiary alicyclic amines) is 1. The Morgan fingerprint density at radius 2 is 2.10 bits per heavy atom. The molecule has 114 valence electrons. The number of esters is 1. The number of rotatable bonds is 7. The van der Waals surface area contributed by atoms with E-state index in [1.165, 1.54) is 0 Å². The summed E-state index contributed by atoms with van der Waals surface area (Å²) in [5, 5.41) is 11.3. The average molecular weight is 286 g/mol. The molecule has 2 amide bonds. The van der Waals surface area contributed by atoms with Gasteiger partial charge in [0, 0.05) is 26.1 Å². The highest BCUT2D eigenvalue weighted by atomic mass is 16.5. The molecular weight excluding hydrogens is 264 g/mol. The lowest BCUT2D eigenvalue weighted by atomic mass is 10.0. The Bertz CT molecular complexity index is 359. The van der Waals surface area contributed by atoms with Crippen LogP contribution < -0.4 is 5.32 Å². The number of hydrogen-bond donors (Lipinski definition) is 2. The van der Waals surface area contributed by atoms with Crippen molar-refractivity contribution in [2.45, 2.75) is 32.6 Å². The Morgan fingerprint density at radius 1 is 1.35 bits per heavy atom. The van der Waals surface area contributed by atoms with Gasteiger partial charge in [0.25, 0.3) is 0 Å². The summed E-state index contributed by atoms with van der Waals surface area (Å²) in [4.78, 5) is 35.1. The fourth-order valence-electron chi connectivity index (χ4n) is 2.20. The summed E-state index contributed by atoms with van der Waals surface area (Å²) in [5.41, 5.74) is 0. The van der Waals surface area contributed by atoms with Gasteiger partial charge in [-0.05, 0) is 25.7 Å². The number of aliphatic carboxylic acids is 1. The van der Waals surface area contributed by atoms with Crippen molar-refractivity contribution in [1.29, 1.82) is 0 Å². The molecular formula is C13H22N2O5. The number of hydrogen-bond acceptors (Lipinski definition) is 4. The molecule has 1 unspecified atom stereocenters. The van der Waals surface area contributed by atoms with E-state index in [0.717, 1.165) is 6.42 Å². The second kappa shape index (κ2) is 8.39. The van der Waals surface area contributed by atoms with Crippen molar-refractivity contribution >= 4 is 18.0 Å². The van der Waals surface area contributed by atoms with E-state index in [1.54, 1.807) is 11.8 Å². The molecule has 1 rings (SSSR count). The maximum Gasteiger partial charge on any atom is 0.317 e. The van der Waals surface area contributed by atoms with Gasteiger partial charge in [0.1, 0.15) is 0 Å². The lowest BCUT2D eigenvalue weighted by Gasteiger charge is -2.17. The molecule has 0 aromatic heterocycles. The van der Waals surface area contributed by atoms with E-state index in [0.29, 0.717) is 26.1 Å². The molecule has 1 fully saturated rings. The van der Waals surface area contributed by atoms with Gasteiger partial charge < -0.3 is 20.1 Å². The van der Waals surface area contributed by atoms with E-state index in [2.05, 4.69) is 5.32 Å². The number of carboxylic acid groups (broad SMARTS) is 1. The normalized spacial score (nSPS) is 17.9. The number of carbonyl (C=O) groups excluding carboxylic acids is 2. The summed E-state index contributed by atoms with van der Waals surface area (Å²) in [5.74, 6) is -0.877. The van der Waals surface area contributed by atoms with Gasteiger partial charge in [-0.15, -0.1) is 0 Å². The molecule has 1 aliphatic rings. The summed E-state index contributed by atoms with van der Waals surface area (Å²) in [6, 6.07) is -0.202. The van der Waals surface area contributed by atoms with Crippen molar-refractivity contribution in [1.82, 2.24) is 10.2 Å². The first-order chi connectivity index (χ1) is 9.52. The van der Waals surface area contributed by atoms with Crippen LogP contribution in [0, 0.1) is 5.92 Å². The standard InChI is InChI=1S/C13H22N2O5/c1-2-20-12(18)5-7-14-13(19)15-8-6-10(9-15)3-4-11(16)17/h10H,2-9H2,1H3,(H,14,19)(H,16,17). The maximum atomic E-state index is 11.8. The minimum atomic E-state index is -0.803. The van der Waals surface area contributed by atoms with Gasteiger partial charge in [-0.3, -0.25) is 9.59 Å². The van der Waals surface area contributed by atoms with Crippen LogP contribution in [0.1, 0.15) is 32.6 Å². The van der Waals surface area contributed by atoms with Crippen LogP contribution >= 0.6 is 0 Å². The number of carboxylic acids is 1. The molecule has 1 saturated heterocycles. The number of carbonyl (C=O) groups is 3. The van der Waals surface area contributed by atoms with Crippen LogP contribution in [0.5, 0.6) is 0 Å². The topological polar surface area (TPSA) is 95.9 Å². The Morgan fingerprint density at radius 3 is 2.75 bits per heavy atom. The highest BCUT2D eigenvalue weighted by Crippen LogP contribution is 2.20. The molecule has 0 radical (unpaired) electrons. The van der Waals surface area contributed by atoms with Crippen molar-refractivity contribution in [2.24, 2.45) is 5.92 Å². The van der Waals surface area contributed by atoms with Gasteiger partial charge >= 0.3 is 18.0 Å². The minimum absolute atomic E-state index is 0.142. The van der Waals surface area contributed by atoms with Crippen LogP contribution in [0.4, 0.5) is 4.79 Å². The first kappa shape index (κ1) is 16.3. The fraction of sp³-hybridized carbons (Fsp3) is 0.769. The van der Waals surface area contributed by atoms with Gasteiger partial charge in [0.2, 0.25) is 0 Å². The monoisotopic (exact) mass is 286 g/mol. The SMILES string of the molecule is CCOC(=O)CCNC(=O)N1CCC(CCC(=O)O)C1. The highest BCUT2D eigenvalue weighted by molar-refractivity contribution is 5.76. The van der Waals surface area contributed by atoms with Gasteiger partial charge in [0.05, 0.1) is 13.0 Å². The molecule has 0 aromatic rings. The first-order valence-corrected chi connectivity index (χ1v) is 6.93. The van der Waals surface area contributed by atoms with Gasteiger partial charge in [-0.2, -0.15) is 0 Å². The number of amides is 2. The van der Waals surface area contributed by atoms with Crippen molar-refractivity contribution in [3.8, 4) is 0 Å². The fourth-order valence-corrected chi connectivity index (χ4v) is 2.20. The van der Waals surface area contributed by atoms with Gasteiger partial charge in [0.15, 0.2) is 0 Å². The zero-order chi connectivity index (χ0) is 15.0. The number of nitrogens with one attached hydrogen (secondary N) is 1. The average Bonchev–Trinajstić information content (AvgIpc) is 2.85. The molecule has 0 bridgehead atoms. The minimum Gasteiger partial charge on any atom is -0.481 e. The number of ether oxygens (including phenoxy) is 1. The van der Waals surface area contributed by atoms with E-state index in [-0.39, 0.29) is 37.3 Å². The molecule has 7 nitrogen and oxygen atoms in total. The summed E-state index contributed by atoms with van der Waals surface area (Å²) in [6.45, 7) is 3.55. The van der Waals surface area contributed by atoms with Crippen LogP contribution in [-0.4, -0.2) is 54.2 Å². The molecule has 0 spiro atoms. The van der Waals surface area contributed by atoms with E-state index in [1.807, 2.05) is 0 Å². The number of urea groups is 1. The lowest BCUT2D eigenvalue weighted by Crippen LogP contribution is -2.39. The first-order valence-electron chi connectivity index (χ1n) is 6.93. The van der Waals surface area contributed by atoms with Crippen molar-refractivity contribution < 1.29 is 24.2 Å². The zero-order valence-corrected chi connectivity index (χ0v) is 11.8. The van der Waals surface area contributed by atoms with Gasteiger partial charge in [-0.25, -0.2) is 4.79 Å². The molecule has 1 atom stereocenters. The summed E-state index contributed by atoms with van der Waals surface area (Å²) in [7, 11) is 0. The number of nitrogens with zero attached hydrogens (tertiary/aromatic N) is 1. The van der Waals surface area contributed by atoms with E-state index in [4.69, 9.17) is 9.84 Å². The van der Waals surface area contributed by atoms with E-state index >= 15 is 0 Å². The predicted octanol–water partition coefficient (Wildman–Crippen LogP) is 0.836. The Kier molecular flexibility index (Phi) is 6.83. The third-order valence-electron chi connectivity index (χ3n) is 3.25. The molecule has 1 aliphatic heterocycles. The van der Waals surface area contributed by atoms with Crippen molar-refractivity contribution in [3.63, 3.8) is 0 Å². The Balaban J connectivity index is 2.18. The van der Waals surface area contributed by atoms with Crippen LogP contribution in [0.3, 0.4) is 0 Å². The van der Waals surface area contributed by atoms with Crippen molar-refractivity contribution in [2.75, 3.05) is 26.2 Å². The maximum absolute atomic E-state index is 11.8. The molecule has 2 N–H and O–H groups in total. The molecule has 0 aliphatic carbocycles. The summed E-state index contributed by atoms with van der Waals surface area (Å²) >= 11 is 0. The second-order valence-electron chi connectivity index (χ2n) is 4.82. The lowest BCUT2D eigenvalue weighted by molar-refractivity contribution is -0.143. The zero-order valence-electron chi connectivity index (χ0n) is 11.8. The van der Waals surface area contributed by atoms with Crippen molar-refractivity contribution in [3.05, 3.63) is 0 Å². The Labute approximate surface area is 118 Å². The van der Waals surface area contributed by atoms with E-state index < -0.39 is 5.97 Å². The van der Waals surface area contributed by atoms with Crippen LogP contribution in [0.2, 0.25) is 0 Å². The van der Waals surface area contributed by atoms with Crippen LogP contribution in [-0.2, 0) is 14.3 Å². The quantitative estimate of drug-likeness (QED) is 0.676. The second-order valence-corrected chi connectivity index (χ2v) is 4.82. The smallest absolute Gasteiger partial charge is 0.317 e. The van der Waals surface area contributed by atoms with Crippen LogP contribution in [0.25, 0.3) is 0 Å². The predicted molar refractivity (Wildman–Crippen MR) is 71.2 cm³/mol. The summed E-state index contributed by atoms with van der Waals surface area (Å²) < 4.78 is 4.76. The largest absolute Gasteiger partial charge is 0.481 e. The highest BCUT2D eigenvalue weighted by Gasteiger charge is 2.26.